The van der Waals surface area contributed by atoms with Crippen LogP contribution in [0.5, 0.6) is 0 Å². The quantitative estimate of drug-likeness (QED) is 0.761. The van der Waals surface area contributed by atoms with Crippen molar-refractivity contribution in [2.45, 2.75) is 58.4 Å². The van der Waals surface area contributed by atoms with Crippen molar-refractivity contribution in [2.75, 3.05) is 40.4 Å². The first-order valence-corrected chi connectivity index (χ1v) is 10.1. The van der Waals surface area contributed by atoms with Gasteiger partial charge in [-0.3, -0.25) is 4.90 Å². The Hall–Kier alpha value is -1.00. The van der Waals surface area contributed by atoms with Gasteiger partial charge in [0.15, 0.2) is 0 Å². The van der Waals surface area contributed by atoms with Crippen molar-refractivity contribution in [1.29, 1.82) is 0 Å². The van der Waals surface area contributed by atoms with Gasteiger partial charge in [0, 0.05) is 24.5 Å². The van der Waals surface area contributed by atoms with Gasteiger partial charge in [-0.15, -0.1) is 0 Å². The highest BCUT2D eigenvalue weighted by Crippen LogP contribution is 2.53. The minimum atomic E-state index is -0.0689. The Morgan fingerprint density at radius 1 is 1.12 bits per heavy atom. The van der Waals surface area contributed by atoms with Crippen LogP contribution in [0.3, 0.4) is 0 Å². The Balaban J connectivity index is 1.91. The van der Waals surface area contributed by atoms with Crippen molar-refractivity contribution in [1.82, 2.24) is 10.2 Å². The first-order chi connectivity index (χ1) is 12.1. The van der Waals surface area contributed by atoms with Crippen LogP contribution >= 0.6 is 0 Å². The second kappa shape index (κ2) is 7.71. The van der Waals surface area contributed by atoms with Crippen LogP contribution in [-0.4, -0.2) is 51.3 Å². The molecule has 2 aliphatic heterocycles. The number of hydrogen-bond donors (Lipinski definition) is 1. The van der Waals surface area contributed by atoms with Crippen LogP contribution in [0.4, 0.5) is 0 Å². The third-order valence-electron chi connectivity index (χ3n) is 6.49. The van der Waals surface area contributed by atoms with Crippen molar-refractivity contribution >= 4 is 0 Å². The molecule has 2 heterocycles. The molecule has 2 saturated heterocycles. The Morgan fingerprint density at radius 3 is 2.24 bits per heavy atom. The second-order valence-electron chi connectivity index (χ2n) is 8.11. The number of likely N-dealkylation sites (tertiary alicyclic amines) is 1. The van der Waals surface area contributed by atoms with Crippen molar-refractivity contribution in [3.8, 4) is 0 Å². The lowest BCUT2D eigenvalue weighted by atomic mass is 9.67. The molecule has 4 heteroatoms. The van der Waals surface area contributed by atoms with Crippen LogP contribution in [0, 0.1) is 10.8 Å². The van der Waals surface area contributed by atoms with E-state index >= 15 is 0 Å². The Kier molecular flexibility index (Phi) is 5.79. The average molecular weight is 349 g/mol. The van der Waals surface area contributed by atoms with Crippen molar-refractivity contribution in [2.24, 2.45) is 10.8 Å². The Labute approximate surface area is 153 Å². The van der Waals surface area contributed by atoms with Gasteiger partial charge < -0.3 is 14.8 Å². The fraction of sp³-hybridized carbons (Fsp3) is 0.810. The first-order valence-electron chi connectivity index (χ1n) is 10.1. The Morgan fingerprint density at radius 2 is 1.76 bits per heavy atom. The minimum absolute atomic E-state index is 0.0689. The molecule has 1 N–H and O–H groups in total. The molecule has 1 spiro atoms. The molecule has 1 aliphatic carbocycles. The molecule has 0 aromatic rings. The summed E-state index contributed by atoms with van der Waals surface area (Å²) in [6.45, 7) is 9.06. The standard InChI is InChI=1S/C21H36N2O2/c1-5-8-21(9-6-2)18(24-3)13-20(14-19(21)25-4)10-12-23(16-20)17-7-11-22-15-17/h13-14,17,22H,5-12,15-16H2,1-4H3. The number of nitrogens with one attached hydrogen (secondary N) is 1. The van der Waals surface area contributed by atoms with Crippen LogP contribution in [-0.2, 0) is 9.47 Å². The lowest BCUT2D eigenvalue weighted by Gasteiger charge is -2.42. The van der Waals surface area contributed by atoms with E-state index in [0.717, 1.165) is 63.3 Å². The van der Waals surface area contributed by atoms with Gasteiger partial charge in [-0.05, 0) is 50.9 Å². The number of rotatable bonds is 7. The predicted octanol–water partition coefficient (Wildman–Crippen LogP) is 3.70. The molecule has 1 atom stereocenters. The van der Waals surface area contributed by atoms with Crippen molar-refractivity contribution in [3.05, 3.63) is 23.7 Å². The van der Waals surface area contributed by atoms with Crippen molar-refractivity contribution in [3.63, 3.8) is 0 Å². The van der Waals surface area contributed by atoms with E-state index in [-0.39, 0.29) is 10.8 Å². The molecule has 142 valence electrons. The van der Waals surface area contributed by atoms with E-state index in [1.807, 2.05) is 14.2 Å². The molecule has 3 rings (SSSR count). The molecule has 4 nitrogen and oxygen atoms in total. The zero-order valence-electron chi connectivity index (χ0n) is 16.6. The van der Waals surface area contributed by atoms with E-state index in [1.54, 1.807) is 0 Å². The van der Waals surface area contributed by atoms with Gasteiger partial charge in [0.25, 0.3) is 0 Å². The summed E-state index contributed by atoms with van der Waals surface area (Å²) in [6, 6.07) is 0.691. The van der Waals surface area contributed by atoms with Gasteiger partial charge in [0.1, 0.15) is 11.5 Å². The van der Waals surface area contributed by atoms with Crippen molar-refractivity contribution < 1.29 is 9.47 Å². The van der Waals surface area contributed by atoms with Gasteiger partial charge in [-0.1, -0.05) is 26.7 Å². The van der Waals surface area contributed by atoms with Crippen LogP contribution < -0.4 is 5.32 Å². The molecule has 0 aromatic heterocycles. The van der Waals surface area contributed by atoms with Gasteiger partial charge in [0.05, 0.1) is 19.6 Å². The first kappa shape index (κ1) is 18.8. The fourth-order valence-electron chi connectivity index (χ4n) is 5.33. The van der Waals surface area contributed by atoms with E-state index < -0.39 is 0 Å². The van der Waals surface area contributed by atoms with E-state index in [0.29, 0.717) is 6.04 Å². The zero-order chi connectivity index (χ0) is 17.9. The molecule has 0 aromatic carbocycles. The average Bonchev–Trinajstić information content (AvgIpc) is 3.27. The second-order valence-corrected chi connectivity index (χ2v) is 8.11. The molecule has 25 heavy (non-hydrogen) atoms. The maximum Gasteiger partial charge on any atom is 0.106 e. The summed E-state index contributed by atoms with van der Waals surface area (Å²) in [7, 11) is 3.68. The summed E-state index contributed by atoms with van der Waals surface area (Å²) in [5.74, 6) is 2.28. The topological polar surface area (TPSA) is 33.7 Å². The molecule has 3 aliphatic rings. The van der Waals surface area contributed by atoms with E-state index in [2.05, 4.69) is 36.2 Å². The summed E-state index contributed by atoms with van der Waals surface area (Å²) in [5.41, 5.74) is 0.00481. The smallest absolute Gasteiger partial charge is 0.106 e. The van der Waals surface area contributed by atoms with Crippen LogP contribution in [0.25, 0.3) is 0 Å². The molecule has 0 saturated carbocycles. The molecule has 0 bridgehead atoms. The summed E-state index contributed by atoms with van der Waals surface area (Å²) >= 11 is 0. The third-order valence-corrected chi connectivity index (χ3v) is 6.49. The number of ether oxygens (including phenoxy) is 2. The molecule has 1 unspecified atom stereocenters. The maximum atomic E-state index is 6.00. The van der Waals surface area contributed by atoms with Gasteiger partial charge >= 0.3 is 0 Å². The molecule has 2 fully saturated rings. The summed E-state index contributed by atoms with van der Waals surface area (Å²) < 4.78 is 12.0. The summed E-state index contributed by atoms with van der Waals surface area (Å²) in [4.78, 5) is 2.67. The summed E-state index contributed by atoms with van der Waals surface area (Å²) in [5, 5.41) is 3.51. The van der Waals surface area contributed by atoms with Gasteiger partial charge in [-0.2, -0.15) is 0 Å². The van der Waals surface area contributed by atoms with Crippen LogP contribution in [0.2, 0.25) is 0 Å². The molecule has 0 amide bonds. The minimum Gasteiger partial charge on any atom is -0.500 e. The van der Waals surface area contributed by atoms with Crippen LogP contribution in [0.1, 0.15) is 52.4 Å². The van der Waals surface area contributed by atoms with E-state index in [4.69, 9.17) is 9.47 Å². The predicted molar refractivity (Wildman–Crippen MR) is 102 cm³/mol. The highest BCUT2D eigenvalue weighted by molar-refractivity contribution is 5.35. The van der Waals surface area contributed by atoms with Crippen LogP contribution in [0.15, 0.2) is 23.7 Å². The zero-order valence-corrected chi connectivity index (χ0v) is 16.6. The Bertz CT molecular complexity index is 490. The fourth-order valence-corrected chi connectivity index (χ4v) is 5.33. The number of hydrogen-bond acceptors (Lipinski definition) is 4. The van der Waals surface area contributed by atoms with E-state index in [9.17, 15) is 0 Å². The lowest BCUT2D eigenvalue weighted by Crippen LogP contribution is -2.39. The number of methoxy groups -OCH3 is 2. The normalized spacial score (nSPS) is 28.1. The monoisotopic (exact) mass is 348 g/mol. The van der Waals surface area contributed by atoms with Gasteiger partial charge in [-0.25, -0.2) is 0 Å². The highest BCUT2D eigenvalue weighted by Gasteiger charge is 2.49. The van der Waals surface area contributed by atoms with Gasteiger partial charge in [0.2, 0.25) is 0 Å². The summed E-state index contributed by atoms with van der Waals surface area (Å²) in [6.07, 6.45) is 11.8. The molecular weight excluding hydrogens is 312 g/mol. The maximum absolute atomic E-state index is 6.00. The molecular formula is C21H36N2O2. The number of nitrogens with zero attached hydrogens (tertiary/aromatic N) is 1. The van der Waals surface area contributed by atoms with E-state index in [1.165, 1.54) is 13.0 Å². The third kappa shape index (κ3) is 3.35. The largest absolute Gasteiger partial charge is 0.500 e. The molecule has 0 radical (unpaired) electrons. The lowest BCUT2D eigenvalue weighted by molar-refractivity contribution is 0.0931. The highest BCUT2D eigenvalue weighted by atomic mass is 16.5. The SMILES string of the molecule is CCCC1(CCC)C(OC)=CC2(C=C1OC)CCN(C1CCNC1)C2.